The maximum atomic E-state index is 11.6. The summed E-state index contributed by atoms with van der Waals surface area (Å²) < 4.78 is 7.43. The molecule has 5 heterocycles. The van der Waals surface area contributed by atoms with Crippen molar-refractivity contribution in [2.24, 2.45) is 13.0 Å². The minimum atomic E-state index is -0.774. The van der Waals surface area contributed by atoms with Crippen LogP contribution in [-0.2, 0) is 35.1 Å². The number of carboxylic acids is 1. The summed E-state index contributed by atoms with van der Waals surface area (Å²) in [7, 11) is 3.93. The van der Waals surface area contributed by atoms with Crippen LogP contribution in [-0.4, -0.2) is 80.4 Å². The van der Waals surface area contributed by atoms with Crippen molar-refractivity contribution in [2.45, 2.75) is 58.0 Å². The standard InChI is InChI=1S/C12H16N4.C11H19NO4.C6H9N3.V/c1-16-11-4-7-14-8-10(11)15-12(16)9-2-5-13-6-3-9;1-11(2,3)16-10(15)12-6-4-8(5-7-12)9(13)14;1-8-6-2-3-9-4-5(6)7;/h4,7-9,13H,2-3,5-6H2,1H3;8H,4-7H2,1-3H3,(H,13,14);2-4H,7H2,1H3,(H,8,9);. The van der Waals surface area contributed by atoms with Crippen LogP contribution in [0, 0.1) is 5.92 Å². The molecule has 2 aliphatic heterocycles. The molecule has 0 aromatic carbocycles. The van der Waals surface area contributed by atoms with E-state index in [1.54, 1.807) is 17.3 Å². The van der Waals surface area contributed by atoms with E-state index in [0.717, 1.165) is 24.3 Å². The Morgan fingerprint density at radius 3 is 2.21 bits per heavy atom. The minimum absolute atomic E-state index is 0. The number of nitrogens with one attached hydrogen (secondary N) is 2. The SMILES string of the molecule is CC(C)(C)OC(=O)N1CCC(C(=O)O)CC1.CNc1ccncc1N.Cn1c(C2CCNCC2)nc2cnccc21.[V]. The third-order valence-corrected chi connectivity index (χ3v) is 7.04. The number of nitrogens with two attached hydrogens (primary N) is 1. The van der Waals surface area contributed by atoms with Gasteiger partial charge in [-0.25, -0.2) is 9.78 Å². The van der Waals surface area contributed by atoms with Crippen LogP contribution < -0.4 is 16.4 Å². The summed E-state index contributed by atoms with van der Waals surface area (Å²) in [4.78, 5) is 36.6. The van der Waals surface area contributed by atoms with Crippen LogP contribution in [0.15, 0.2) is 36.9 Å². The fraction of sp³-hybridized carbons (Fsp3) is 0.552. The van der Waals surface area contributed by atoms with Crippen molar-refractivity contribution in [3.8, 4) is 0 Å². The number of nitrogens with zero attached hydrogens (tertiary/aromatic N) is 5. The van der Waals surface area contributed by atoms with Crippen molar-refractivity contribution in [3.63, 3.8) is 0 Å². The number of carbonyl (C=O) groups is 2. The number of carbonyl (C=O) groups excluding carboxylic acids is 1. The van der Waals surface area contributed by atoms with Gasteiger partial charge in [-0.2, -0.15) is 0 Å². The van der Waals surface area contributed by atoms with Gasteiger partial charge in [0.15, 0.2) is 0 Å². The summed E-state index contributed by atoms with van der Waals surface area (Å²) in [6.45, 7) is 8.58. The molecule has 1 amide bonds. The first-order valence-electron chi connectivity index (χ1n) is 14.0. The van der Waals surface area contributed by atoms with Gasteiger partial charge < -0.3 is 35.7 Å². The fourth-order valence-electron chi connectivity index (χ4n) is 4.79. The Morgan fingerprint density at radius 1 is 1.07 bits per heavy atom. The summed E-state index contributed by atoms with van der Waals surface area (Å²) in [5, 5.41) is 15.1. The molecule has 2 aliphatic rings. The van der Waals surface area contributed by atoms with Crippen LogP contribution in [0.2, 0.25) is 0 Å². The van der Waals surface area contributed by atoms with Gasteiger partial charge in [0, 0.05) is 64.1 Å². The van der Waals surface area contributed by atoms with Gasteiger partial charge in [0.05, 0.1) is 35.2 Å². The van der Waals surface area contributed by atoms with Gasteiger partial charge in [0.1, 0.15) is 16.9 Å². The number of piperidine rings is 2. The van der Waals surface area contributed by atoms with Crippen molar-refractivity contribution in [1.29, 1.82) is 0 Å². The number of carboxylic acid groups (broad SMARTS) is 1. The molecule has 2 fully saturated rings. The van der Waals surface area contributed by atoms with Crippen molar-refractivity contribution < 1.29 is 38.0 Å². The molecule has 2 saturated heterocycles. The number of nitrogen functional groups attached to an aromatic ring is 1. The Balaban J connectivity index is 0.000000227. The van der Waals surface area contributed by atoms with Gasteiger partial charge in [0.2, 0.25) is 0 Å². The second-order valence-corrected chi connectivity index (χ2v) is 11.2. The number of imidazole rings is 1. The first-order valence-corrected chi connectivity index (χ1v) is 14.0. The van der Waals surface area contributed by atoms with Gasteiger partial charge in [0.25, 0.3) is 0 Å². The van der Waals surface area contributed by atoms with Crippen LogP contribution in [0.3, 0.4) is 0 Å². The molecule has 3 aromatic rings. The molecule has 1 radical (unpaired) electrons. The molecule has 229 valence electrons. The van der Waals surface area contributed by atoms with Crippen LogP contribution in [0.25, 0.3) is 11.0 Å². The van der Waals surface area contributed by atoms with E-state index in [0.29, 0.717) is 37.5 Å². The summed E-state index contributed by atoms with van der Waals surface area (Å²) in [5.74, 6) is 0.714. The number of rotatable bonds is 3. The maximum Gasteiger partial charge on any atom is 0.410 e. The van der Waals surface area contributed by atoms with Gasteiger partial charge in [-0.15, -0.1) is 0 Å². The second kappa shape index (κ2) is 16.3. The third-order valence-electron chi connectivity index (χ3n) is 7.04. The van der Waals surface area contributed by atoms with Crippen molar-refractivity contribution in [3.05, 3.63) is 42.7 Å². The molecular weight excluding hydrogens is 575 g/mol. The van der Waals surface area contributed by atoms with E-state index in [2.05, 4.69) is 32.2 Å². The van der Waals surface area contributed by atoms with Crippen LogP contribution in [0.5, 0.6) is 0 Å². The Morgan fingerprint density at radius 2 is 1.69 bits per heavy atom. The topological polar surface area (TPSA) is 161 Å². The van der Waals surface area contributed by atoms with Crippen molar-refractivity contribution in [1.82, 2.24) is 29.7 Å². The van der Waals surface area contributed by atoms with Crippen molar-refractivity contribution >= 4 is 34.5 Å². The average Bonchev–Trinajstić information content (AvgIpc) is 3.30. The molecule has 5 N–H and O–H groups in total. The molecule has 42 heavy (non-hydrogen) atoms. The quantitative estimate of drug-likeness (QED) is 0.339. The van der Waals surface area contributed by atoms with E-state index in [9.17, 15) is 9.59 Å². The smallest absolute Gasteiger partial charge is 0.410 e. The van der Waals surface area contributed by atoms with Crippen LogP contribution in [0.4, 0.5) is 16.2 Å². The number of aliphatic carboxylic acids is 1. The number of likely N-dealkylation sites (tertiary alicyclic amines) is 1. The summed E-state index contributed by atoms with van der Waals surface area (Å²) in [5.41, 5.74) is 8.80. The molecule has 13 heteroatoms. The number of anilines is 2. The van der Waals surface area contributed by atoms with Gasteiger partial charge >= 0.3 is 12.1 Å². The van der Waals surface area contributed by atoms with Gasteiger partial charge in [-0.3, -0.25) is 14.8 Å². The summed E-state index contributed by atoms with van der Waals surface area (Å²) >= 11 is 0. The average molecular weight is 620 g/mol. The molecule has 0 unspecified atom stereocenters. The summed E-state index contributed by atoms with van der Waals surface area (Å²) in [6, 6.07) is 3.86. The maximum absolute atomic E-state index is 11.6. The normalized spacial score (nSPS) is 15.8. The van der Waals surface area contributed by atoms with E-state index in [4.69, 9.17) is 20.6 Å². The van der Waals surface area contributed by atoms with Crippen molar-refractivity contribution in [2.75, 3.05) is 44.3 Å². The molecule has 3 aromatic heterocycles. The minimum Gasteiger partial charge on any atom is -0.481 e. The first-order chi connectivity index (χ1) is 19.5. The van der Waals surface area contributed by atoms with Gasteiger partial charge in [-0.1, -0.05) is 0 Å². The molecule has 0 saturated carbocycles. The third kappa shape index (κ3) is 10.2. The zero-order valence-electron chi connectivity index (χ0n) is 25.2. The Kier molecular flexibility index (Phi) is 13.6. The number of aryl methyl sites for hydroxylation is 1. The largest absolute Gasteiger partial charge is 0.481 e. The van der Waals surface area contributed by atoms with Crippen LogP contribution in [0.1, 0.15) is 58.2 Å². The molecular formula is C29H44N8O4V. The number of amides is 1. The van der Waals surface area contributed by atoms with E-state index < -0.39 is 11.6 Å². The zero-order valence-corrected chi connectivity index (χ0v) is 26.6. The predicted molar refractivity (Wildman–Crippen MR) is 160 cm³/mol. The monoisotopic (exact) mass is 619 g/mol. The Hall–Kier alpha value is -3.35. The van der Waals surface area contributed by atoms with E-state index in [1.165, 1.54) is 24.2 Å². The number of fused-ring (bicyclic) bond motifs is 1. The number of aromatic nitrogens is 4. The fourth-order valence-corrected chi connectivity index (χ4v) is 4.79. The predicted octanol–water partition coefficient (Wildman–Crippen LogP) is 3.86. The molecule has 5 rings (SSSR count). The van der Waals surface area contributed by atoms with Crippen LogP contribution >= 0.6 is 0 Å². The molecule has 0 atom stereocenters. The second-order valence-electron chi connectivity index (χ2n) is 11.2. The van der Waals surface area contributed by atoms with E-state index >= 15 is 0 Å². The Labute approximate surface area is 259 Å². The summed E-state index contributed by atoms with van der Waals surface area (Å²) in [6.07, 6.45) is 10.0. The van der Waals surface area contributed by atoms with E-state index in [1.807, 2.05) is 52.3 Å². The molecule has 0 bridgehead atoms. The Bertz CT molecular complexity index is 1280. The molecule has 12 nitrogen and oxygen atoms in total. The first kappa shape index (κ1) is 34.9. The molecule has 0 spiro atoms. The number of pyridine rings is 2. The van der Waals surface area contributed by atoms with Gasteiger partial charge in [-0.05, 0) is 71.7 Å². The number of hydrogen-bond acceptors (Lipinski definition) is 9. The molecule has 0 aliphatic carbocycles. The zero-order chi connectivity index (χ0) is 30.0. The number of ether oxygens (including phenoxy) is 1. The van der Waals surface area contributed by atoms with E-state index in [-0.39, 0.29) is 30.6 Å². The number of hydrogen-bond donors (Lipinski definition) is 4.